The first kappa shape index (κ1) is 13.9. The number of benzene rings is 1. The van der Waals surface area contributed by atoms with E-state index in [1.165, 1.54) is 0 Å². The molecule has 0 aromatic heterocycles. The van der Waals surface area contributed by atoms with E-state index in [-0.39, 0.29) is 11.9 Å². The maximum absolute atomic E-state index is 12.2. The Balaban J connectivity index is 1.96. The molecule has 1 amide bonds. The number of anilines is 2. The fraction of sp³-hybridized carbons (Fsp3) is 0.533. The van der Waals surface area contributed by atoms with Gasteiger partial charge in [-0.05, 0) is 37.0 Å². The summed E-state index contributed by atoms with van der Waals surface area (Å²) in [5.74, 6) is 1.34. The van der Waals surface area contributed by atoms with Gasteiger partial charge < -0.3 is 11.1 Å². The molecule has 4 heteroatoms. The third-order valence-corrected chi connectivity index (χ3v) is 4.10. The predicted octanol–water partition coefficient (Wildman–Crippen LogP) is 2.18. The Hall–Kier alpha value is -1.55. The van der Waals surface area contributed by atoms with Crippen LogP contribution in [0.3, 0.4) is 0 Å². The first-order chi connectivity index (χ1) is 8.97. The molecule has 1 aromatic rings. The third-order valence-electron chi connectivity index (χ3n) is 4.10. The van der Waals surface area contributed by atoms with E-state index in [1.54, 1.807) is 6.07 Å². The Bertz CT molecular complexity index is 450. The number of hydrogen-bond acceptors (Lipinski definition) is 3. The van der Waals surface area contributed by atoms with E-state index in [9.17, 15) is 4.79 Å². The van der Waals surface area contributed by atoms with Gasteiger partial charge in [0.05, 0.1) is 6.04 Å². The van der Waals surface area contributed by atoms with Gasteiger partial charge in [0.1, 0.15) is 0 Å². The number of nitrogens with zero attached hydrogens (tertiary/aromatic N) is 1. The van der Waals surface area contributed by atoms with Gasteiger partial charge in [0.25, 0.3) is 0 Å². The molecule has 2 rings (SSSR count). The molecule has 19 heavy (non-hydrogen) atoms. The fourth-order valence-electron chi connectivity index (χ4n) is 2.52. The van der Waals surface area contributed by atoms with Crippen LogP contribution in [-0.4, -0.2) is 29.9 Å². The number of hydrogen-bond donors (Lipinski definition) is 2. The van der Waals surface area contributed by atoms with Gasteiger partial charge in [0.2, 0.25) is 5.91 Å². The highest BCUT2D eigenvalue weighted by molar-refractivity contribution is 5.94. The topological polar surface area (TPSA) is 58.4 Å². The molecule has 1 heterocycles. The molecular weight excluding hydrogens is 238 g/mol. The van der Waals surface area contributed by atoms with Crippen LogP contribution in [0.5, 0.6) is 0 Å². The lowest BCUT2D eigenvalue weighted by Crippen LogP contribution is -2.40. The summed E-state index contributed by atoms with van der Waals surface area (Å²) in [6.45, 7) is 8.44. The quantitative estimate of drug-likeness (QED) is 0.820. The van der Waals surface area contributed by atoms with E-state index in [0.29, 0.717) is 17.5 Å². The average Bonchev–Trinajstić information content (AvgIpc) is 2.68. The molecule has 3 N–H and O–H groups in total. The van der Waals surface area contributed by atoms with Crippen molar-refractivity contribution < 1.29 is 4.79 Å². The Morgan fingerprint density at radius 1 is 1.37 bits per heavy atom. The second kappa shape index (κ2) is 5.61. The normalized spacial score (nSPS) is 25.2. The Kier molecular flexibility index (Phi) is 4.10. The highest BCUT2D eigenvalue weighted by atomic mass is 16.2. The van der Waals surface area contributed by atoms with Gasteiger partial charge in [-0.25, -0.2) is 0 Å². The summed E-state index contributed by atoms with van der Waals surface area (Å²) in [6.07, 6.45) is 0. The molecule has 1 fully saturated rings. The highest BCUT2D eigenvalue weighted by Crippen LogP contribution is 2.24. The van der Waals surface area contributed by atoms with Gasteiger partial charge in [-0.1, -0.05) is 19.9 Å². The molecule has 3 unspecified atom stereocenters. The van der Waals surface area contributed by atoms with Crippen molar-refractivity contribution in [3.8, 4) is 0 Å². The molecule has 3 atom stereocenters. The van der Waals surface area contributed by atoms with E-state index < -0.39 is 0 Å². The summed E-state index contributed by atoms with van der Waals surface area (Å²) in [7, 11) is 0. The van der Waals surface area contributed by atoms with Gasteiger partial charge in [0.15, 0.2) is 0 Å². The number of carbonyl (C=O) groups is 1. The molecule has 0 aliphatic carbocycles. The number of rotatable bonds is 3. The number of nitrogens with one attached hydrogen (secondary N) is 1. The van der Waals surface area contributed by atoms with Crippen molar-refractivity contribution in [2.24, 2.45) is 11.8 Å². The second-order valence-corrected chi connectivity index (χ2v) is 5.70. The minimum Gasteiger partial charge on any atom is -0.399 e. The van der Waals surface area contributed by atoms with Crippen molar-refractivity contribution in [2.75, 3.05) is 24.1 Å². The molecule has 4 nitrogen and oxygen atoms in total. The van der Waals surface area contributed by atoms with Crippen LogP contribution in [0.2, 0.25) is 0 Å². The van der Waals surface area contributed by atoms with Gasteiger partial charge >= 0.3 is 0 Å². The van der Waals surface area contributed by atoms with Crippen LogP contribution >= 0.6 is 0 Å². The largest absolute Gasteiger partial charge is 0.399 e. The van der Waals surface area contributed by atoms with Crippen molar-refractivity contribution in [3.63, 3.8) is 0 Å². The minimum atomic E-state index is -0.103. The number of likely N-dealkylation sites (tertiary alicyclic amines) is 1. The van der Waals surface area contributed by atoms with Crippen LogP contribution in [0.25, 0.3) is 0 Å². The molecule has 0 spiro atoms. The van der Waals surface area contributed by atoms with E-state index >= 15 is 0 Å². The zero-order valence-electron chi connectivity index (χ0n) is 11.9. The summed E-state index contributed by atoms with van der Waals surface area (Å²) in [6, 6.07) is 7.18. The third kappa shape index (κ3) is 3.26. The molecule has 1 aliphatic rings. The van der Waals surface area contributed by atoms with Crippen LogP contribution < -0.4 is 11.1 Å². The zero-order chi connectivity index (χ0) is 14.0. The van der Waals surface area contributed by atoms with Crippen molar-refractivity contribution in [2.45, 2.75) is 26.8 Å². The first-order valence-electron chi connectivity index (χ1n) is 6.88. The summed E-state index contributed by atoms with van der Waals surface area (Å²) in [5.41, 5.74) is 7.13. The standard InChI is InChI=1S/C15H23N3O/c1-10-8-18(9-11(10)2)12(3)15(19)17-14-6-4-5-13(16)7-14/h4-7,10-12H,8-9,16H2,1-3H3,(H,17,19). The summed E-state index contributed by atoms with van der Waals surface area (Å²) in [5, 5.41) is 2.93. The van der Waals surface area contributed by atoms with Gasteiger partial charge in [-0.15, -0.1) is 0 Å². The summed E-state index contributed by atoms with van der Waals surface area (Å²) < 4.78 is 0. The Morgan fingerprint density at radius 3 is 2.58 bits per heavy atom. The number of amides is 1. The molecule has 104 valence electrons. The SMILES string of the molecule is CC1CN(C(C)C(=O)Nc2cccc(N)c2)CC1C. The van der Waals surface area contributed by atoms with E-state index in [4.69, 9.17) is 5.73 Å². The number of nitrogen functional groups attached to an aromatic ring is 1. The Labute approximate surface area is 115 Å². The van der Waals surface area contributed by atoms with Gasteiger partial charge in [-0.2, -0.15) is 0 Å². The number of carbonyl (C=O) groups excluding carboxylic acids is 1. The molecular formula is C15H23N3O. The van der Waals surface area contributed by atoms with Crippen molar-refractivity contribution in [1.29, 1.82) is 0 Å². The smallest absolute Gasteiger partial charge is 0.241 e. The lowest BCUT2D eigenvalue weighted by molar-refractivity contribution is -0.120. The summed E-state index contributed by atoms with van der Waals surface area (Å²) >= 11 is 0. The Morgan fingerprint density at radius 2 is 2.00 bits per heavy atom. The molecule has 0 saturated carbocycles. The predicted molar refractivity (Wildman–Crippen MR) is 78.8 cm³/mol. The van der Waals surface area contributed by atoms with Crippen LogP contribution in [-0.2, 0) is 4.79 Å². The first-order valence-corrected chi connectivity index (χ1v) is 6.88. The molecule has 0 bridgehead atoms. The summed E-state index contributed by atoms with van der Waals surface area (Å²) in [4.78, 5) is 14.5. The number of nitrogens with two attached hydrogens (primary N) is 1. The van der Waals surface area contributed by atoms with Gasteiger partial charge in [-0.3, -0.25) is 9.69 Å². The van der Waals surface area contributed by atoms with Crippen LogP contribution in [0.1, 0.15) is 20.8 Å². The minimum absolute atomic E-state index is 0.0342. The average molecular weight is 261 g/mol. The molecule has 1 saturated heterocycles. The maximum atomic E-state index is 12.2. The molecule has 1 aromatic carbocycles. The highest BCUT2D eigenvalue weighted by Gasteiger charge is 2.31. The van der Waals surface area contributed by atoms with Gasteiger partial charge in [0, 0.05) is 24.5 Å². The lowest BCUT2D eigenvalue weighted by atomic mass is 10.0. The van der Waals surface area contributed by atoms with Crippen molar-refractivity contribution >= 4 is 17.3 Å². The van der Waals surface area contributed by atoms with Crippen LogP contribution in [0.4, 0.5) is 11.4 Å². The van der Waals surface area contributed by atoms with Crippen molar-refractivity contribution in [1.82, 2.24) is 4.90 Å². The molecule has 1 aliphatic heterocycles. The van der Waals surface area contributed by atoms with E-state index in [1.807, 2.05) is 25.1 Å². The lowest BCUT2D eigenvalue weighted by Gasteiger charge is -2.23. The monoisotopic (exact) mass is 261 g/mol. The van der Waals surface area contributed by atoms with Crippen LogP contribution in [0, 0.1) is 11.8 Å². The van der Waals surface area contributed by atoms with E-state index in [2.05, 4.69) is 24.1 Å². The van der Waals surface area contributed by atoms with E-state index in [0.717, 1.165) is 18.8 Å². The molecule has 0 radical (unpaired) electrons. The van der Waals surface area contributed by atoms with Crippen molar-refractivity contribution in [3.05, 3.63) is 24.3 Å². The van der Waals surface area contributed by atoms with Crippen LogP contribution in [0.15, 0.2) is 24.3 Å². The second-order valence-electron chi connectivity index (χ2n) is 5.70. The zero-order valence-corrected chi connectivity index (χ0v) is 11.9. The fourth-order valence-corrected chi connectivity index (χ4v) is 2.52. The maximum Gasteiger partial charge on any atom is 0.241 e.